The molecular formula is C48H40N2. The SMILES string of the molecule is c1ccc(-c2ccc(N(c3ccccc3)c3cccc(-c4ccc(-c5ccc6c(c5)c5ccccc5n6C5CCCCC5)cc4)c3)cc2)cc1. The zero-order valence-electron chi connectivity index (χ0n) is 28.3. The molecule has 1 aromatic heterocycles. The molecule has 0 spiro atoms. The molecule has 0 saturated heterocycles. The standard InChI is InChI=1S/C48H40N2/c1-4-13-35(14-5-1)36-27-30-43(31-28-36)49(41-16-6-2-7-17-41)44-20-12-15-39(33-44)37-23-25-38(26-24-37)40-29-32-48-46(34-40)45-21-10-11-22-47(45)50(48)42-18-8-3-9-19-42/h1-2,4-7,10-17,20-34,42H,3,8-9,18-19H2. The van der Waals surface area contributed by atoms with Gasteiger partial charge in [-0.25, -0.2) is 0 Å². The molecule has 0 amide bonds. The van der Waals surface area contributed by atoms with Gasteiger partial charge in [-0.2, -0.15) is 0 Å². The van der Waals surface area contributed by atoms with Crippen LogP contribution in [-0.4, -0.2) is 4.57 Å². The molecule has 8 aromatic rings. The van der Waals surface area contributed by atoms with Crippen molar-refractivity contribution in [1.82, 2.24) is 4.57 Å². The molecule has 7 aromatic carbocycles. The molecule has 0 unspecified atom stereocenters. The quantitative estimate of drug-likeness (QED) is 0.168. The lowest BCUT2D eigenvalue weighted by Crippen LogP contribution is -2.12. The highest BCUT2D eigenvalue weighted by atomic mass is 15.1. The molecule has 1 aliphatic rings. The molecule has 0 N–H and O–H groups in total. The molecule has 0 radical (unpaired) electrons. The summed E-state index contributed by atoms with van der Waals surface area (Å²) in [7, 11) is 0. The number of rotatable bonds is 7. The molecule has 242 valence electrons. The molecule has 9 rings (SSSR count). The van der Waals surface area contributed by atoms with Crippen LogP contribution in [0.2, 0.25) is 0 Å². The third-order valence-electron chi connectivity index (χ3n) is 10.6. The van der Waals surface area contributed by atoms with Gasteiger partial charge in [0.05, 0.1) is 0 Å². The predicted molar refractivity (Wildman–Crippen MR) is 213 cm³/mol. The van der Waals surface area contributed by atoms with Gasteiger partial charge in [0.25, 0.3) is 0 Å². The van der Waals surface area contributed by atoms with E-state index in [-0.39, 0.29) is 0 Å². The zero-order chi connectivity index (χ0) is 33.3. The van der Waals surface area contributed by atoms with Crippen molar-refractivity contribution < 1.29 is 0 Å². The number of fused-ring (bicyclic) bond motifs is 3. The fourth-order valence-corrected chi connectivity index (χ4v) is 8.05. The van der Waals surface area contributed by atoms with E-state index in [1.807, 2.05) is 0 Å². The summed E-state index contributed by atoms with van der Waals surface area (Å²) >= 11 is 0. The first-order valence-electron chi connectivity index (χ1n) is 18.0. The van der Waals surface area contributed by atoms with Crippen LogP contribution in [0.1, 0.15) is 38.1 Å². The lowest BCUT2D eigenvalue weighted by Gasteiger charge is -2.26. The summed E-state index contributed by atoms with van der Waals surface area (Å²) in [6.07, 6.45) is 6.59. The van der Waals surface area contributed by atoms with E-state index < -0.39 is 0 Å². The maximum absolute atomic E-state index is 2.64. The van der Waals surface area contributed by atoms with Crippen molar-refractivity contribution in [2.45, 2.75) is 38.1 Å². The Kier molecular flexibility index (Phi) is 7.99. The molecule has 0 atom stereocenters. The van der Waals surface area contributed by atoms with Crippen molar-refractivity contribution in [3.63, 3.8) is 0 Å². The Hall–Kier alpha value is -5.86. The third-order valence-corrected chi connectivity index (χ3v) is 10.6. The molecule has 1 aliphatic carbocycles. The van der Waals surface area contributed by atoms with Gasteiger partial charge in [-0.15, -0.1) is 0 Å². The number of benzene rings is 7. The normalized spacial score (nSPS) is 13.5. The van der Waals surface area contributed by atoms with Gasteiger partial charge >= 0.3 is 0 Å². The van der Waals surface area contributed by atoms with E-state index in [0.29, 0.717) is 6.04 Å². The van der Waals surface area contributed by atoms with Gasteiger partial charge in [0, 0.05) is 44.9 Å². The monoisotopic (exact) mass is 644 g/mol. The van der Waals surface area contributed by atoms with Gasteiger partial charge in [0.1, 0.15) is 0 Å². The van der Waals surface area contributed by atoms with E-state index in [0.717, 1.165) is 17.1 Å². The van der Waals surface area contributed by atoms with Gasteiger partial charge < -0.3 is 9.47 Å². The molecule has 1 fully saturated rings. The minimum Gasteiger partial charge on any atom is -0.337 e. The van der Waals surface area contributed by atoms with Crippen molar-refractivity contribution in [3.8, 4) is 33.4 Å². The second kappa shape index (κ2) is 13.2. The Morgan fingerprint density at radius 1 is 0.360 bits per heavy atom. The molecule has 1 heterocycles. The number of aromatic nitrogens is 1. The van der Waals surface area contributed by atoms with Crippen molar-refractivity contribution >= 4 is 38.9 Å². The van der Waals surface area contributed by atoms with E-state index in [2.05, 4.69) is 185 Å². The average Bonchev–Trinajstić information content (AvgIpc) is 3.53. The molecule has 2 nitrogen and oxygen atoms in total. The number of anilines is 3. The molecular weight excluding hydrogens is 605 g/mol. The van der Waals surface area contributed by atoms with Crippen molar-refractivity contribution in [2.75, 3.05) is 4.90 Å². The van der Waals surface area contributed by atoms with Crippen LogP contribution in [0.3, 0.4) is 0 Å². The van der Waals surface area contributed by atoms with Crippen molar-refractivity contribution in [1.29, 1.82) is 0 Å². The van der Waals surface area contributed by atoms with Crippen LogP contribution in [-0.2, 0) is 0 Å². The lowest BCUT2D eigenvalue weighted by atomic mass is 9.95. The molecule has 0 bridgehead atoms. The van der Waals surface area contributed by atoms with Crippen molar-refractivity contribution in [3.05, 3.63) is 176 Å². The molecule has 1 saturated carbocycles. The van der Waals surface area contributed by atoms with Crippen LogP contribution in [0.25, 0.3) is 55.2 Å². The number of nitrogens with zero attached hydrogens (tertiary/aromatic N) is 2. The minimum atomic E-state index is 0.596. The van der Waals surface area contributed by atoms with Crippen LogP contribution in [0.5, 0.6) is 0 Å². The molecule has 0 aliphatic heterocycles. The minimum absolute atomic E-state index is 0.596. The van der Waals surface area contributed by atoms with Gasteiger partial charge in [0.2, 0.25) is 0 Å². The van der Waals surface area contributed by atoms with Gasteiger partial charge in [0.15, 0.2) is 0 Å². The zero-order valence-corrected chi connectivity index (χ0v) is 28.3. The van der Waals surface area contributed by atoms with Crippen LogP contribution in [0.15, 0.2) is 176 Å². The smallest absolute Gasteiger partial charge is 0.0494 e. The summed E-state index contributed by atoms with van der Waals surface area (Å²) < 4.78 is 2.64. The summed E-state index contributed by atoms with van der Waals surface area (Å²) in [4.78, 5) is 2.34. The van der Waals surface area contributed by atoms with Crippen LogP contribution in [0.4, 0.5) is 17.1 Å². The number of para-hydroxylation sites is 2. The van der Waals surface area contributed by atoms with E-state index >= 15 is 0 Å². The van der Waals surface area contributed by atoms with Gasteiger partial charge in [-0.05, 0) is 101 Å². The molecule has 2 heteroatoms. The van der Waals surface area contributed by atoms with Gasteiger partial charge in [-0.3, -0.25) is 0 Å². The fraction of sp³-hybridized carbons (Fsp3) is 0.125. The van der Waals surface area contributed by atoms with Crippen LogP contribution < -0.4 is 4.90 Å². The average molecular weight is 645 g/mol. The van der Waals surface area contributed by atoms with E-state index in [4.69, 9.17) is 0 Å². The number of hydrogen-bond donors (Lipinski definition) is 0. The number of hydrogen-bond acceptors (Lipinski definition) is 1. The van der Waals surface area contributed by atoms with E-state index in [1.165, 1.54) is 87.3 Å². The summed E-state index contributed by atoms with van der Waals surface area (Å²) in [5.41, 5.74) is 13.5. The van der Waals surface area contributed by atoms with Crippen LogP contribution in [0, 0.1) is 0 Å². The molecule has 50 heavy (non-hydrogen) atoms. The Morgan fingerprint density at radius 3 is 1.60 bits per heavy atom. The Morgan fingerprint density at radius 2 is 0.860 bits per heavy atom. The Balaban J connectivity index is 1.04. The lowest BCUT2D eigenvalue weighted by molar-refractivity contribution is 0.367. The second-order valence-corrected chi connectivity index (χ2v) is 13.6. The highest BCUT2D eigenvalue weighted by molar-refractivity contribution is 6.09. The fourth-order valence-electron chi connectivity index (χ4n) is 8.05. The van der Waals surface area contributed by atoms with E-state index in [9.17, 15) is 0 Å². The summed E-state index contributed by atoms with van der Waals surface area (Å²) in [5.74, 6) is 0. The first-order chi connectivity index (χ1) is 24.8. The summed E-state index contributed by atoms with van der Waals surface area (Å²) in [6.45, 7) is 0. The topological polar surface area (TPSA) is 8.17 Å². The highest BCUT2D eigenvalue weighted by Gasteiger charge is 2.21. The third kappa shape index (κ3) is 5.67. The van der Waals surface area contributed by atoms with Crippen LogP contribution >= 0.6 is 0 Å². The predicted octanol–water partition coefficient (Wildman–Crippen LogP) is 13.8. The summed E-state index contributed by atoms with van der Waals surface area (Å²) in [5, 5.41) is 2.72. The largest absolute Gasteiger partial charge is 0.337 e. The first kappa shape index (κ1) is 30.2. The highest BCUT2D eigenvalue weighted by Crippen LogP contribution is 2.40. The Labute approximate surface area is 294 Å². The maximum Gasteiger partial charge on any atom is 0.0494 e. The Bertz CT molecular complexity index is 2380. The first-order valence-corrected chi connectivity index (χ1v) is 18.0. The van der Waals surface area contributed by atoms with Gasteiger partial charge in [-0.1, -0.05) is 141 Å². The van der Waals surface area contributed by atoms with E-state index in [1.54, 1.807) is 0 Å². The maximum atomic E-state index is 2.64. The summed E-state index contributed by atoms with van der Waals surface area (Å²) in [6, 6.07) is 64.7. The van der Waals surface area contributed by atoms with Crippen molar-refractivity contribution in [2.24, 2.45) is 0 Å². The second-order valence-electron chi connectivity index (χ2n) is 13.6.